The van der Waals surface area contributed by atoms with Crippen LogP contribution in [0.15, 0.2) is 53.0 Å². The second-order valence-electron chi connectivity index (χ2n) is 5.07. The molecule has 0 fully saturated rings. The molecule has 3 heteroatoms. The van der Waals surface area contributed by atoms with Crippen LogP contribution in [-0.4, -0.2) is 6.61 Å². The van der Waals surface area contributed by atoms with E-state index in [2.05, 4.69) is 87.3 Å². The number of hydrogen-bond acceptors (Lipinski definition) is 1. The first-order valence-electron chi connectivity index (χ1n) is 7.30. The van der Waals surface area contributed by atoms with E-state index in [1.54, 1.807) is 0 Å². The van der Waals surface area contributed by atoms with Gasteiger partial charge in [0.05, 0.1) is 6.61 Å². The molecule has 2 rings (SSSR count). The van der Waals surface area contributed by atoms with E-state index in [-0.39, 0.29) is 0 Å². The molecule has 0 saturated heterocycles. The number of ether oxygens (including phenoxy) is 1. The van der Waals surface area contributed by atoms with Gasteiger partial charge in [0.25, 0.3) is 0 Å². The van der Waals surface area contributed by atoms with E-state index < -0.39 is 0 Å². The van der Waals surface area contributed by atoms with E-state index in [4.69, 9.17) is 4.74 Å². The van der Waals surface area contributed by atoms with Crippen molar-refractivity contribution < 1.29 is 4.74 Å². The second-order valence-corrected chi connectivity index (χ2v) is 7.09. The standard InChI is InChI=1S/C18H20Br2O/c1-2-3-11-21-17-9-7-15(8-10-17)18(20)13-14-5-4-6-16(19)12-14/h4-10,12,18H,2-3,11,13H2,1H3. The largest absolute Gasteiger partial charge is 0.494 e. The molecule has 0 spiro atoms. The van der Waals surface area contributed by atoms with E-state index in [0.717, 1.165) is 36.1 Å². The maximum atomic E-state index is 5.69. The van der Waals surface area contributed by atoms with E-state index in [1.807, 2.05) is 0 Å². The van der Waals surface area contributed by atoms with Gasteiger partial charge in [-0.25, -0.2) is 0 Å². The van der Waals surface area contributed by atoms with Crippen LogP contribution < -0.4 is 4.74 Å². The Balaban J connectivity index is 1.94. The smallest absolute Gasteiger partial charge is 0.119 e. The lowest BCUT2D eigenvalue weighted by Gasteiger charge is -2.12. The Morgan fingerprint density at radius 1 is 1.10 bits per heavy atom. The Hall–Kier alpha value is -0.800. The van der Waals surface area contributed by atoms with E-state index in [1.165, 1.54) is 11.1 Å². The van der Waals surface area contributed by atoms with Crippen LogP contribution >= 0.6 is 31.9 Å². The van der Waals surface area contributed by atoms with Crippen LogP contribution in [0.3, 0.4) is 0 Å². The summed E-state index contributed by atoms with van der Waals surface area (Å²) >= 11 is 7.30. The highest BCUT2D eigenvalue weighted by Crippen LogP contribution is 2.29. The van der Waals surface area contributed by atoms with Crippen LogP contribution in [-0.2, 0) is 6.42 Å². The van der Waals surface area contributed by atoms with Crippen molar-refractivity contribution in [3.8, 4) is 5.75 Å². The topological polar surface area (TPSA) is 9.23 Å². The predicted molar refractivity (Wildman–Crippen MR) is 96.4 cm³/mol. The molecule has 0 amide bonds. The summed E-state index contributed by atoms with van der Waals surface area (Å²) in [6.07, 6.45) is 3.23. The summed E-state index contributed by atoms with van der Waals surface area (Å²) in [7, 11) is 0. The van der Waals surface area contributed by atoms with Crippen molar-refractivity contribution in [2.75, 3.05) is 6.61 Å². The van der Waals surface area contributed by atoms with Crippen molar-refractivity contribution >= 4 is 31.9 Å². The fourth-order valence-corrected chi connectivity index (χ4v) is 3.22. The zero-order valence-electron chi connectivity index (χ0n) is 12.2. The lowest BCUT2D eigenvalue weighted by molar-refractivity contribution is 0.309. The normalized spacial score (nSPS) is 12.1. The predicted octanol–water partition coefficient (Wildman–Crippen LogP) is 6.31. The Labute approximate surface area is 144 Å². The number of benzene rings is 2. The summed E-state index contributed by atoms with van der Waals surface area (Å²) in [4.78, 5) is 0.316. The third-order valence-electron chi connectivity index (χ3n) is 3.31. The highest BCUT2D eigenvalue weighted by atomic mass is 79.9. The van der Waals surface area contributed by atoms with Gasteiger partial charge in [0.15, 0.2) is 0 Å². The zero-order valence-corrected chi connectivity index (χ0v) is 15.4. The van der Waals surface area contributed by atoms with Gasteiger partial charge < -0.3 is 4.74 Å². The molecular weight excluding hydrogens is 392 g/mol. The van der Waals surface area contributed by atoms with Gasteiger partial charge in [0.1, 0.15) is 5.75 Å². The van der Waals surface area contributed by atoms with Gasteiger partial charge in [-0.2, -0.15) is 0 Å². The van der Waals surface area contributed by atoms with Crippen LogP contribution in [0.1, 0.15) is 35.7 Å². The van der Waals surface area contributed by atoms with Gasteiger partial charge >= 0.3 is 0 Å². The lowest BCUT2D eigenvalue weighted by atomic mass is 10.0. The molecule has 1 nitrogen and oxygen atoms in total. The second kappa shape index (κ2) is 8.60. The Morgan fingerprint density at radius 3 is 2.52 bits per heavy atom. The Morgan fingerprint density at radius 2 is 1.86 bits per heavy atom. The third kappa shape index (κ3) is 5.48. The molecule has 1 unspecified atom stereocenters. The summed E-state index contributed by atoms with van der Waals surface area (Å²) in [6.45, 7) is 2.97. The quantitative estimate of drug-likeness (QED) is 0.383. The molecule has 21 heavy (non-hydrogen) atoms. The molecular formula is C18H20Br2O. The molecule has 0 N–H and O–H groups in total. The summed E-state index contributed by atoms with van der Waals surface area (Å²) in [5.74, 6) is 0.953. The van der Waals surface area contributed by atoms with E-state index >= 15 is 0 Å². The summed E-state index contributed by atoms with van der Waals surface area (Å²) in [6, 6.07) is 16.8. The van der Waals surface area contributed by atoms with E-state index in [9.17, 15) is 0 Å². The number of rotatable bonds is 7. The van der Waals surface area contributed by atoms with Gasteiger partial charge in [-0.05, 0) is 48.2 Å². The minimum atomic E-state index is 0.316. The minimum Gasteiger partial charge on any atom is -0.494 e. The number of alkyl halides is 1. The number of halogens is 2. The monoisotopic (exact) mass is 410 g/mol. The molecule has 0 bridgehead atoms. The van der Waals surface area contributed by atoms with Gasteiger partial charge in [-0.15, -0.1) is 0 Å². The molecule has 2 aromatic carbocycles. The average Bonchev–Trinajstić information content (AvgIpc) is 2.48. The number of hydrogen-bond donors (Lipinski definition) is 0. The molecule has 2 aromatic rings. The van der Waals surface area contributed by atoms with E-state index in [0.29, 0.717) is 4.83 Å². The molecule has 112 valence electrons. The first-order chi connectivity index (χ1) is 10.2. The summed E-state index contributed by atoms with van der Waals surface area (Å²) < 4.78 is 6.82. The molecule has 0 aliphatic heterocycles. The van der Waals surface area contributed by atoms with Crippen LogP contribution in [0.2, 0.25) is 0 Å². The SMILES string of the molecule is CCCCOc1ccc(C(Br)Cc2cccc(Br)c2)cc1. The van der Waals surface area contributed by atoms with Crippen molar-refractivity contribution in [1.29, 1.82) is 0 Å². The minimum absolute atomic E-state index is 0.316. The van der Waals surface area contributed by atoms with Crippen molar-refractivity contribution in [3.05, 3.63) is 64.1 Å². The lowest BCUT2D eigenvalue weighted by Crippen LogP contribution is -1.98. The molecule has 0 heterocycles. The van der Waals surface area contributed by atoms with Crippen molar-refractivity contribution in [2.24, 2.45) is 0 Å². The van der Waals surface area contributed by atoms with Crippen LogP contribution in [0.5, 0.6) is 5.75 Å². The van der Waals surface area contributed by atoms with Crippen LogP contribution in [0.25, 0.3) is 0 Å². The average molecular weight is 412 g/mol. The van der Waals surface area contributed by atoms with Gasteiger partial charge in [-0.1, -0.05) is 69.5 Å². The van der Waals surface area contributed by atoms with Gasteiger partial charge in [-0.3, -0.25) is 0 Å². The summed E-state index contributed by atoms with van der Waals surface area (Å²) in [5, 5.41) is 0. The summed E-state index contributed by atoms with van der Waals surface area (Å²) in [5.41, 5.74) is 2.59. The van der Waals surface area contributed by atoms with Crippen molar-refractivity contribution in [1.82, 2.24) is 0 Å². The molecule has 0 radical (unpaired) electrons. The molecule has 0 aliphatic rings. The Bertz CT molecular complexity index is 551. The number of unbranched alkanes of at least 4 members (excludes halogenated alkanes) is 1. The fourth-order valence-electron chi connectivity index (χ4n) is 2.10. The highest BCUT2D eigenvalue weighted by Gasteiger charge is 2.09. The van der Waals surface area contributed by atoms with Gasteiger partial charge in [0, 0.05) is 9.30 Å². The highest BCUT2D eigenvalue weighted by molar-refractivity contribution is 9.10. The molecule has 1 atom stereocenters. The molecule has 0 aliphatic carbocycles. The zero-order chi connectivity index (χ0) is 15.1. The third-order valence-corrected chi connectivity index (χ3v) is 4.66. The molecule has 0 aromatic heterocycles. The van der Waals surface area contributed by atoms with Crippen molar-refractivity contribution in [3.63, 3.8) is 0 Å². The first-order valence-corrected chi connectivity index (χ1v) is 9.01. The maximum Gasteiger partial charge on any atom is 0.119 e. The van der Waals surface area contributed by atoms with Crippen LogP contribution in [0, 0.1) is 0 Å². The van der Waals surface area contributed by atoms with Gasteiger partial charge in [0.2, 0.25) is 0 Å². The molecule has 0 saturated carbocycles. The van der Waals surface area contributed by atoms with Crippen LogP contribution in [0.4, 0.5) is 0 Å². The first kappa shape index (κ1) is 16.6. The fraction of sp³-hybridized carbons (Fsp3) is 0.333. The van der Waals surface area contributed by atoms with Crippen molar-refractivity contribution in [2.45, 2.75) is 31.0 Å². The Kier molecular flexibility index (Phi) is 6.78. The maximum absolute atomic E-state index is 5.69.